The van der Waals surface area contributed by atoms with E-state index < -0.39 is 0 Å². The van der Waals surface area contributed by atoms with Gasteiger partial charge in [-0.05, 0) is 30.7 Å². The molecule has 1 aliphatic rings. The standard InChI is InChI=1S/C13H12ClNO2/c14-10-1-2-11-9(5-10)6-12(16)13(15-11)8-3-4-17-7-8/h1-2,5-6,8,16H,3-4,7H2. The van der Waals surface area contributed by atoms with E-state index in [0.29, 0.717) is 11.6 Å². The van der Waals surface area contributed by atoms with Crippen LogP contribution in [0.5, 0.6) is 5.75 Å². The van der Waals surface area contributed by atoms with E-state index >= 15 is 0 Å². The summed E-state index contributed by atoms with van der Waals surface area (Å²) in [5.74, 6) is 0.436. The van der Waals surface area contributed by atoms with Crippen LogP contribution in [0, 0.1) is 0 Å². The van der Waals surface area contributed by atoms with Crippen molar-refractivity contribution in [3.63, 3.8) is 0 Å². The van der Waals surface area contributed by atoms with E-state index in [9.17, 15) is 5.11 Å². The second kappa shape index (κ2) is 4.17. The van der Waals surface area contributed by atoms with Gasteiger partial charge in [-0.3, -0.25) is 0 Å². The molecular formula is C13H12ClNO2. The minimum Gasteiger partial charge on any atom is -0.506 e. The van der Waals surface area contributed by atoms with E-state index in [-0.39, 0.29) is 11.7 Å². The van der Waals surface area contributed by atoms with Crippen LogP contribution in [0.25, 0.3) is 10.9 Å². The number of fused-ring (bicyclic) bond motifs is 1. The van der Waals surface area contributed by atoms with Gasteiger partial charge in [-0.15, -0.1) is 0 Å². The van der Waals surface area contributed by atoms with Gasteiger partial charge in [-0.2, -0.15) is 0 Å². The summed E-state index contributed by atoms with van der Waals surface area (Å²) in [4.78, 5) is 4.51. The van der Waals surface area contributed by atoms with Crippen molar-refractivity contribution in [1.29, 1.82) is 0 Å². The summed E-state index contributed by atoms with van der Waals surface area (Å²) in [7, 11) is 0. The molecule has 2 aromatic rings. The number of rotatable bonds is 1. The predicted molar refractivity (Wildman–Crippen MR) is 66.6 cm³/mol. The lowest BCUT2D eigenvalue weighted by atomic mass is 10.0. The molecule has 1 unspecified atom stereocenters. The van der Waals surface area contributed by atoms with Crippen LogP contribution in [0.15, 0.2) is 24.3 Å². The van der Waals surface area contributed by atoms with Gasteiger partial charge in [0.2, 0.25) is 0 Å². The maximum Gasteiger partial charge on any atom is 0.138 e. The number of pyridine rings is 1. The Hall–Kier alpha value is -1.32. The second-order valence-corrected chi connectivity index (χ2v) is 4.73. The summed E-state index contributed by atoms with van der Waals surface area (Å²) in [6.45, 7) is 1.38. The van der Waals surface area contributed by atoms with Crippen LogP contribution in [-0.4, -0.2) is 23.3 Å². The Kier molecular flexibility index (Phi) is 2.65. The molecule has 0 spiro atoms. The first-order chi connectivity index (χ1) is 8.24. The lowest BCUT2D eigenvalue weighted by Gasteiger charge is -2.10. The average molecular weight is 250 g/mol. The Morgan fingerprint density at radius 3 is 3.00 bits per heavy atom. The monoisotopic (exact) mass is 249 g/mol. The van der Waals surface area contributed by atoms with Crippen molar-refractivity contribution in [1.82, 2.24) is 4.98 Å². The number of aromatic nitrogens is 1. The summed E-state index contributed by atoms with van der Waals surface area (Å²) in [6.07, 6.45) is 0.916. The van der Waals surface area contributed by atoms with E-state index in [4.69, 9.17) is 16.3 Å². The molecule has 1 aromatic carbocycles. The highest BCUT2D eigenvalue weighted by molar-refractivity contribution is 6.31. The SMILES string of the molecule is Oc1cc2cc(Cl)ccc2nc1C1CCOC1. The van der Waals surface area contributed by atoms with E-state index in [1.165, 1.54) is 0 Å². The van der Waals surface area contributed by atoms with Crippen molar-refractivity contribution in [3.8, 4) is 5.75 Å². The molecule has 0 amide bonds. The molecule has 0 saturated carbocycles. The first kappa shape index (κ1) is 10.8. The van der Waals surface area contributed by atoms with Gasteiger partial charge in [0.15, 0.2) is 0 Å². The fourth-order valence-electron chi connectivity index (χ4n) is 2.20. The molecular weight excluding hydrogens is 238 g/mol. The second-order valence-electron chi connectivity index (χ2n) is 4.29. The van der Waals surface area contributed by atoms with Gasteiger partial charge in [0.25, 0.3) is 0 Å². The third kappa shape index (κ3) is 1.96. The summed E-state index contributed by atoms with van der Waals surface area (Å²) in [6, 6.07) is 7.21. The number of aromatic hydroxyl groups is 1. The molecule has 3 nitrogen and oxygen atoms in total. The molecule has 3 rings (SSSR count). The normalized spacial score (nSPS) is 19.9. The van der Waals surface area contributed by atoms with Gasteiger partial charge in [-0.1, -0.05) is 11.6 Å². The Morgan fingerprint density at radius 1 is 1.35 bits per heavy atom. The molecule has 0 aliphatic carbocycles. The van der Waals surface area contributed by atoms with E-state index in [1.54, 1.807) is 12.1 Å². The van der Waals surface area contributed by atoms with Crippen molar-refractivity contribution in [2.75, 3.05) is 13.2 Å². The molecule has 1 fully saturated rings. The topological polar surface area (TPSA) is 42.4 Å². The molecule has 2 heterocycles. The Morgan fingerprint density at radius 2 is 2.24 bits per heavy atom. The molecule has 17 heavy (non-hydrogen) atoms. The maximum absolute atomic E-state index is 10.00. The fraction of sp³-hybridized carbons (Fsp3) is 0.308. The lowest BCUT2D eigenvalue weighted by molar-refractivity contribution is 0.193. The zero-order valence-corrected chi connectivity index (χ0v) is 9.94. The summed E-state index contributed by atoms with van der Waals surface area (Å²) >= 11 is 5.91. The van der Waals surface area contributed by atoms with Gasteiger partial charge in [0.1, 0.15) is 5.75 Å². The minimum atomic E-state index is 0.204. The van der Waals surface area contributed by atoms with Crippen LogP contribution in [-0.2, 0) is 4.74 Å². The zero-order chi connectivity index (χ0) is 11.8. The molecule has 4 heteroatoms. The highest BCUT2D eigenvalue weighted by atomic mass is 35.5. The van der Waals surface area contributed by atoms with Crippen molar-refractivity contribution in [2.45, 2.75) is 12.3 Å². The van der Waals surface area contributed by atoms with Crippen molar-refractivity contribution in [2.24, 2.45) is 0 Å². The number of benzene rings is 1. The van der Waals surface area contributed by atoms with Crippen LogP contribution in [0.4, 0.5) is 0 Å². The van der Waals surface area contributed by atoms with Gasteiger partial charge in [-0.25, -0.2) is 4.98 Å². The summed E-state index contributed by atoms with van der Waals surface area (Å²) in [5.41, 5.74) is 1.59. The Labute approximate surface area is 104 Å². The van der Waals surface area contributed by atoms with Crippen LogP contribution in [0.1, 0.15) is 18.0 Å². The number of hydrogen-bond acceptors (Lipinski definition) is 3. The van der Waals surface area contributed by atoms with Crippen LogP contribution >= 0.6 is 11.6 Å². The number of ether oxygens (including phenoxy) is 1. The van der Waals surface area contributed by atoms with Gasteiger partial charge >= 0.3 is 0 Å². The minimum absolute atomic E-state index is 0.204. The number of halogens is 1. The quantitative estimate of drug-likeness (QED) is 0.845. The number of nitrogens with zero attached hydrogens (tertiary/aromatic N) is 1. The smallest absolute Gasteiger partial charge is 0.138 e. The molecule has 88 valence electrons. The first-order valence-corrected chi connectivity index (χ1v) is 5.99. The first-order valence-electron chi connectivity index (χ1n) is 5.61. The molecule has 1 N–H and O–H groups in total. The van der Waals surface area contributed by atoms with Crippen molar-refractivity contribution in [3.05, 3.63) is 35.0 Å². The Balaban J connectivity index is 2.13. The predicted octanol–water partition coefficient (Wildman–Crippen LogP) is 3.10. The highest BCUT2D eigenvalue weighted by Crippen LogP contribution is 2.33. The van der Waals surface area contributed by atoms with Crippen molar-refractivity contribution >= 4 is 22.5 Å². The molecule has 1 saturated heterocycles. The average Bonchev–Trinajstić information content (AvgIpc) is 2.81. The molecule has 0 radical (unpaired) electrons. The fourth-order valence-corrected chi connectivity index (χ4v) is 2.38. The van der Waals surface area contributed by atoms with Gasteiger partial charge < -0.3 is 9.84 Å². The van der Waals surface area contributed by atoms with E-state index in [0.717, 1.165) is 29.6 Å². The molecule has 1 atom stereocenters. The van der Waals surface area contributed by atoms with E-state index in [1.807, 2.05) is 12.1 Å². The van der Waals surface area contributed by atoms with Gasteiger partial charge in [0.05, 0.1) is 17.8 Å². The highest BCUT2D eigenvalue weighted by Gasteiger charge is 2.22. The van der Waals surface area contributed by atoms with Gasteiger partial charge in [0, 0.05) is 22.9 Å². The van der Waals surface area contributed by atoms with Crippen LogP contribution < -0.4 is 0 Å². The van der Waals surface area contributed by atoms with Crippen LogP contribution in [0.3, 0.4) is 0 Å². The summed E-state index contributed by atoms with van der Waals surface area (Å²) in [5, 5.41) is 11.5. The van der Waals surface area contributed by atoms with E-state index in [2.05, 4.69) is 4.98 Å². The largest absolute Gasteiger partial charge is 0.506 e. The van der Waals surface area contributed by atoms with Crippen molar-refractivity contribution < 1.29 is 9.84 Å². The third-order valence-electron chi connectivity index (χ3n) is 3.10. The Bertz CT molecular complexity index is 565. The third-order valence-corrected chi connectivity index (χ3v) is 3.34. The molecule has 1 aromatic heterocycles. The summed E-state index contributed by atoms with van der Waals surface area (Å²) < 4.78 is 5.33. The molecule has 0 bridgehead atoms. The maximum atomic E-state index is 10.00. The lowest BCUT2D eigenvalue weighted by Crippen LogP contribution is -2.01. The van der Waals surface area contributed by atoms with Crippen LogP contribution in [0.2, 0.25) is 5.02 Å². The molecule has 1 aliphatic heterocycles. The number of hydrogen-bond donors (Lipinski definition) is 1. The zero-order valence-electron chi connectivity index (χ0n) is 9.19.